The minimum absolute atomic E-state index is 0.0154. The Bertz CT molecular complexity index is 662. The number of fused-ring (bicyclic) bond motifs is 5. The summed E-state index contributed by atoms with van der Waals surface area (Å²) < 4.78 is 0. The second-order valence-corrected chi connectivity index (χ2v) is 10.7. The van der Waals surface area contributed by atoms with Gasteiger partial charge in [-0.2, -0.15) is 0 Å². The van der Waals surface area contributed by atoms with Gasteiger partial charge in [0, 0.05) is 24.4 Å². The van der Waals surface area contributed by atoms with Crippen molar-refractivity contribution in [1.82, 2.24) is 0 Å². The third-order valence-corrected chi connectivity index (χ3v) is 9.31. The number of hydrogen-bond acceptors (Lipinski definition) is 6. The molecule has 0 aromatic rings. The SMILES string of the molecule is CCCO.C[C@]12CC[C@@H](O)C[C@H]1CC[C@@H]1[C@@H]2C(=O)C[C@@]2(C)[C@H]1CC[C@]2(O)C(=O)CO. The van der Waals surface area contributed by atoms with E-state index in [0.29, 0.717) is 18.9 Å². The summed E-state index contributed by atoms with van der Waals surface area (Å²) >= 11 is 0. The average Bonchev–Trinajstić information content (AvgIpc) is 2.99. The lowest BCUT2D eigenvalue weighted by molar-refractivity contribution is -0.180. The smallest absolute Gasteiger partial charge is 0.190 e. The van der Waals surface area contributed by atoms with E-state index < -0.39 is 23.4 Å². The topological polar surface area (TPSA) is 115 Å². The lowest BCUT2D eigenvalue weighted by atomic mass is 9.44. The van der Waals surface area contributed by atoms with Gasteiger partial charge in [0.05, 0.1) is 6.10 Å². The van der Waals surface area contributed by atoms with Crippen LogP contribution in [-0.4, -0.2) is 56.9 Å². The second-order valence-electron chi connectivity index (χ2n) is 10.7. The summed E-state index contributed by atoms with van der Waals surface area (Å²) in [5.74, 6) is 0.380. The van der Waals surface area contributed by atoms with Crippen molar-refractivity contribution in [3.8, 4) is 0 Å². The Kier molecular flexibility index (Phi) is 6.84. The number of ketones is 2. The Hall–Kier alpha value is -0.820. The Labute approximate surface area is 180 Å². The second kappa shape index (κ2) is 8.61. The van der Waals surface area contributed by atoms with Gasteiger partial charge in [0.25, 0.3) is 0 Å². The summed E-state index contributed by atoms with van der Waals surface area (Å²) in [7, 11) is 0. The molecule has 6 heteroatoms. The highest BCUT2D eigenvalue weighted by atomic mass is 16.3. The first kappa shape index (κ1) is 23.8. The fourth-order valence-electron chi connectivity index (χ4n) is 7.64. The highest BCUT2D eigenvalue weighted by Crippen LogP contribution is 2.67. The van der Waals surface area contributed by atoms with Crippen LogP contribution in [0.5, 0.6) is 0 Å². The summed E-state index contributed by atoms with van der Waals surface area (Å²) in [6.45, 7) is 5.71. The van der Waals surface area contributed by atoms with Crippen LogP contribution in [0.2, 0.25) is 0 Å². The molecule has 4 aliphatic rings. The van der Waals surface area contributed by atoms with Crippen LogP contribution in [0.1, 0.15) is 78.6 Å². The maximum Gasteiger partial charge on any atom is 0.190 e. The molecule has 172 valence electrons. The zero-order valence-electron chi connectivity index (χ0n) is 18.8. The molecule has 4 aliphatic carbocycles. The van der Waals surface area contributed by atoms with E-state index in [9.17, 15) is 24.9 Å². The molecule has 0 amide bonds. The maximum absolute atomic E-state index is 13.4. The number of carbonyl (C=O) groups is 2. The van der Waals surface area contributed by atoms with Crippen LogP contribution in [-0.2, 0) is 9.59 Å². The summed E-state index contributed by atoms with van der Waals surface area (Å²) in [4.78, 5) is 25.7. The Balaban J connectivity index is 0.000000589. The molecule has 0 heterocycles. The number of aliphatic hydroxyl groups is 4. The molecular weight excluding hydrogens is 384 g/mol. The van der Waals surface area contributed by atoms with Gasteiger partial charge >= 0.3 is 0 Å². The van der Waals surface area contributed by atoms with Crippen molar-refractivity contribution in [2.24, 2.45) is 34.5 Å². The van der Waals surface area contributed by atoms with Gasteiger partial charge in [0.15, 0.2) is 5.78 Å². The number of aliphatic hydroxyl groups excluding tert-OH is 3. The number of Topliss-reactive ketones (excluding diaryl/α,β-unsaturated/α-hetero) is 2. The largest absolute Gasteiger partial charge is 0.396 e. The van der Waals surface area contributed by atoms with Crippen LogP contribution in [0.15, 0.2) is 0 Å². The summed E-state index contributed by atoms with van der Waals surface area (Å²) in [5.41, 5.74) is -2.40. The molecule has 0 aromatic heterocycles. The van der Waals surface area contributed by atoms with Crippen molar-refractivity contribution in [2.45, 2.75) is 90.3 Å². The lowest BCUT2D eigenvalue weighted by Gasteiger charge is -2.60. The van der Waals surface area contributed by atoms with E-state index >= 15 is 0 Å². The summed E-state index contributed by atoms with van der Waals surface area (Å²) in [6, 6.07) is 0. The van der Waals surface area contributed by atoms with Gasteiger partial charge in [-0.3, -0.25) is 9.59 Å². The van der Waals surface area contributed by atoms with Crippen LogP contribution >= 0.6 is 0 Å². The summed E-state index contributed by atoms with van der Waals surface area (Å²) in [6.07, 6.45) is 6.35. The van der Waals surface area contributed by atoms with Crippen LogP contribution in [0.3, 0.4) is 0 Å². The number of carbonyl (C=O) groups excluding carboxylic acids is 2. The minimum atomic E-state index is -1.58. The number of rotatable bonds is 3. The van der Waals surface area contributed by atoms with Crippen molar-refractivity contribution in [3.63, 3.8) is 0 Å². The number of hydrogen-bond donors (Lipinski definition) is 4. The van der Waals surface area contributed by atoms with Gasteiger partial charge in [-0.25, -0.2) is 0 Å². The monoisotopic (exact) mass is 424 g/mol. The normalized spacial score (nSPS) is 47.4. The molecule has 8 atom stereocenters. The highest BCUT2D eigenvalue weighted by Gasteiger charge is 2.68. The Morgan fingerprint density at radius 3 is 2.37 bits per heavy atom. The zero-order valence-corrected chi connectivity index (χ0v) is 18.8. The fraction of sp³-hybridized carbons (Fsp3) is 0.917. The molecule has 0 unspecified atom stereocenters. The quantitative estimate of drug-likeness (QED) is 0.552. The van der Waals surface area contributed by atoms with Crippen molar-refractivity contribution < 1.29 is 30.0 Å². The van der Waals surface area contributed by atoms with Crippen molar-refractivity contribution in [1.29, 1.82) is 0 Å². The molecule has 0 saturated heterocycles. The first-order valence-corrected chi connectivity index (χ1v) is 11.8. The summed E-state index contributed by atoms with van der Waals surface area (Å²) in [5, 5.41) is 38.5. The van der Waals surface area contributed by atoms with E-state index in [4.69, 9.17) is 5.11 Å². The van der Waals surface area contributed by atoms with Crippen molar-refractivity contribution >= 4 is 11.6 Å². The standard InChI is InChI=1S/C21H32O5.C3H8O/c1-19-7-5-13(23)9-12(19)3-4-14-15-6-8-21(26,17(25)11-22)20(15,2)10-16(24)18(14)19;1-2-3-4/h12-15,18,22-23,26H,3-11H2,1-2H3;4H,2-3H2,1H3/t12-,13-,14+,15+,18-,19+,20+,21+;/m1./s1. The molecule has 0 aliphatic heterocycles. The molecule has 0 radical (unpaired) electrons. The van der Waals surface area contributed by atoms with E-state index in [0.717, 1.165) is 44.9 Å². The Morgan fingerprint density at radius 2 is 1.77 bits per heavy atom. The first-order valence-electron chi connectivity index (χ1n) is 11.8. The predicted molar refractivity (Wildman–Crippen MR) is 113 cm³/mol. The molecule has 0 aromatic carbocycles. The molecule has 0 bridgehead atoms. The maximum atomic E-state index is 13.4. The van der Waals surface area contributed by atoms with Crippen LogP contribution < -0.4 is 0 Å². The molecular formula is C24H40O6. The molecule has 6 nitrogen and oxygen atoms in total. The molecule has 30 heavy (non-hydrogen) atoms. The van der Waals surface area contributed by atoms with Crippen molar-refractivity contribution in [3.05, 3.63) is 0 Å². The van der Waals surface area contributed by atoms with E-state index in [2.05, 4.69) is 6.92 Å². The van der Waals surface area contributed by atoms with Crippen molar-refractivity contribution in [2.75, 3.05) is 13.2 Å². The van der Waals surface area contributed by atoms with E-state index in [1.807, 2.05) is 13.8 Å². The predicted octanol–water partition coefficient (Wildman–Crippen LogP) is 2.25. The van der Waals surface area contributed by atoms with Gasteiger partial charge in [-0.15, -0.1) is 0 Å². The third-order valence-electron chi connectivity index (χ3n) is 9.31. The Morgan fingerprint density at radius 1 is 1.10 bits per heavy atom. The highest BCUT2D eigenvalue weighted by molar-refractivity contribution is 5.92. The lowest BCUT2D eigenvalue weighted by Crippen LogP contribution is -2.62. The van der Waals surface area contributed by atoms with Gasteiger partial charge < -0.3 is 20.4 Å². The van der Waals surface area contributed by atoms with E-state index in [-0.39, 0.29) is 41.5 Å². The van der Waals surface area contributed by atoms with Gasteiger partial charge in [-0.1, -0.05) is 20.8 Å². The van der Waals surface area contributed by atoms with Crippen LogP contribution in [0.4, 0.5) is 0 Å². The molecule has 4 N–H and O–H groups in total. The molecule has 4 rings (SSSR count). The third kappa shape index (κ3) is 3.48. The first-order chi connectivity index (χ1) is 14.1. The zero-order chi connectivity index (χ0) is 22.3. The molecule has 0 spiro atoms. The van der Waals surface area contributed by atoms with Gasteiger partial charge in [-0.05, 0) is 74.5 Å². The average molecular weight is 425 g/mol. The van der Waals surface area contributed by atoms with E-state index in [1.54, 1.807) is 0 Å². The van der Waals surface area contributed by atoms with E-state index in [1.165, 1.54) is 0 Å². The minimum Gasteiger partial charge on any atom is -0.396 e. The van der Waals surface area contributed by atoms with Gasteiger partial charge in [0.1, 0.15) is 18.0 Å². The molecule has 4 saturated carbocycles. The van der Waals surface area contributed by atoms with Crippen LogP contribution in [0.25, 0.3) is 0 Å². The van der Waals surface area contributed by atoms with Gasteiger partial charge in [0.2, 0.25) is 0 Å². The van der Waals surface area contributed by atoms with Crippen LogP contribution in [0, 0.1) is 34.5 Å². The molecule has 4 fully saturated rings. The fourth-order valence-corrected chi connectivity index (χ4v) is 7.64.